The smallest absolute Gasteiger partial charge is 0.398 e. The SMILES string of the molecule is CC(C)CC(=O)c1cc(C(F)(F)F)ccc1N. The van der Waals surface area contributed by atoms with Crippen LogP contribution in [0, 0.1) is 5.92 Å². The van der Waals surface area contributed by atoms with Gasteiger partial charge in [-0.1, -0.05) is 13.8 Å². The van der Waals surface area contributed by atoms with Crippen molar-refractivity contribution >= 4 is 11.5 Å². The molecule has 0 fully saturated rings. The number of benzene rings is 1. The fourth-order valence-electron chi connectivity index (χ4n) is 1.45. The van der Waals surface area contributed by atoms with Crippen LogP contribution in [0.25, 0.3) is 0 Å². The molecule has 1 rings (SSSR count). The zero-order valence-electron chi connectivity index (χ0n) is 9.64. The first-order chi connectivity index (χ1) is 7.71. The van der Waals surface area contributed by atoms with Crippen LogP contribution in [0.5, 0.6) is 0 Å². The van der Waals surface area contributed by atoms with E-state index in [2.05, 4.69) is 0 Å². The Hall–Kier alpha value is -1.52. The molecule has 0 amide bonds. The van der Waals surface area contributed by atoms with E-state index in [-0.39, 0.29) is 29.4 Å². The number of nitrogens with two attached hydrogens (primary N) is 1. The average molecular weight is 245 g/mol. The Labute approximate surface area is 97.6 Å². The van der Waals surface area contributed by atoms with Gasteiger partial charge in [-0.25, -0.2) is 0 Å². The molecule has 0 aliphatic heterocycles. The van der Waals surface area contributed by atoms with Crippen molar-refractivity contribution in [3.63, 3.8) is 0 Å². The average Bonchev–Trinajstić information content (AvgIpc) is 2.15. The number of hydrogen-bond acceptors (Lipinski definition) is 2. The molecule has 0 spiro atoms. The predicted octanol–water partition coefficient (Wildman–Crippen LogP) is 3.52. The molecule has 17 heavy (non-hydrogen) atoms. The van der Waals surface area contributed by atoms with Gasteiger partial charge in [-0.2, -0.15) is 13.2 Å². The number of hydrogen-bond donors (Lipinski definition) is 1. The Bertz CT molecular complexity index is 424. The second-order valence-corrected chi connectivity index (χ2v) is 4.32. The molecule has 0 radical (unpaired) electrons. The lowest BCUT2D eigenvalue weighted by Gasteiger charge is -2.11. The Kier molecular flexibility index (Phi) is 3.80. The van der Waals surface area contributed by atoms with E-state index in [1.807, 2.05) is 13.8 Å². The number of ketones is 1. The van der Waals surface area contributed by atoms with Gasteiger partial charge in [-0.3, -0.25) is 4.79 Å². The highest BCUT2D eigenvalue weighted by molar-refractivity contribution is 6.01. The molecule has 2 nitrogen and oxygen atoms in total. The van der Waals surface area contributed by atoms with E-state index in [0.29, 0.717) is 0 Å². The largest absolute Gasteiger partial charge is 0.416 e. The van der Waals surface area contributed by atoms with Crippen LogP contribution in [-0.4, -0.2) is 5.78 Å². The number of rotatable bonds is 3. The molecular formula is C12H14F3NO. The van der Waals surface area contributed by atoms with E-state index in [0.717, 1.165) is 18.2 Å². The molecule has 94 valence electrons. The van der Waals surface area contributed by atoms with E-state index in [4.69, 9.17) is 5.73 Å². The predicted molar refractivity (Wildman–Crippen MR) is 59.6 cm³/mol. The molecule has 2 N–H and O–H groups in total. The van der Waals surface area contributed by atoms with Crippen molar-refractivity contribution in [1.29, 1.82) is 0 Å². The van der Waals surface area contributed by atoms with Crippen LogP contribution in [0.2, 0.25) is 0 Å². The molecule has 0 atom stereocenters. The Morgan fingerprint density at radius 3 is 2.41 bits per heavy atom. The lowest BCUT2D eigenvalue weighted by Crippen LogP contribution is -2.11. The first-order valence-electron chi connectivity index (χ1n) is 5.21. The van der Waals surface area contributed by atoms with Gasteiger partial charge in [0.2, 0.25) is 0 Å². The number of nitrogen functional groups attached to an aromatic ring is 1. The second kappa shape index (κ2) is 4.77. The minimum Gasteiger partial charge on any atom is -0.398 e. The van der Waals surface area contributed by atoms with Gasteiger partial charge in [0.25, 0.3) is 0 Å². The zero-order chi connectivity index (χ0) is 13.2. The summed E-state index contributed by atoms with van der Waals surface area (Å²) in [7, 11) is 0. The lowest BCUT2D eigenvalue weighted by molar-refractivity contribution is -0.137. The first-order valence-corrected chi connectivity index (χ1v) is 5.21. The molecule has 0 aromatic heterocycles. The van der Waals surface area contributed by atoms with Crippen LogP contribution in [-0.2, 0) is 6.18 Å². The van der Waals surface area contributed by atoms with Crippen LogP contribution in [0.15, 0.2) is 18.2 Å². The zero-order valence-corrected chi connectivity index (χ0v) is 9.64. The highest BCUT2D eigenvalue weighted by atomic mass is 19.4. The van der Waals surface area contributed by atoms with Gasteiger partial charge < -0.3 is 5.73 Å². The Morgan fingerprint density at radius 2 is 1.94 bits per heavy atom. The van der Waals surface area contributed by atoms with E-state index >= 15 is 0 Å². The normalized spacial score (nSPS) is 11.9. The molecule has 0 unspecified atom stereocenters. The number of halogens is 3. The van der Waals surface area contributed by atoms with Gasteiger partial charge in [0.1, 0.15) is 0 Å². The van der Waals surface area contributed by atoms with E-state index in [1.165, 1.54) is 0 Å². The van der Waals surface area contributed by atoms with Gasteiger partial charge in [-0.05, 0) is 24.1 Å². The molecule has 0 bridgehead atoms. The Balaban J connectivity index is 3.11. The molecule has 0 saturated heterocycles. The minimum atomic E-state index is -4.46. The van der Waals surface area contributed by atoms with Crippen LogP contribution in [0.3, 0.4) is 0 Å². The molecule has 0 heterocycles. The maximum atomic E-state index is 12.5. The fourth-order valence-corrected chi connectivity index (χ4v) is 1.45. The van der Waals surface area contributed by atoms with Crippen molar-refractivity contribution in [2.45, 2.75) is 26.4 Å². The van der Waals surface area contributed by atoms with Crippen molar-refractivity contribution in [3.8, 4) is 0 Å². The summed E-state index contributed by atoms with van der Waals surface area (Å²) in [6.45, 7) is 3.64. The summed E-state index contributed by atoms with van der Waals surface area (Å²) in [5.74, 6) is -0.278. The van der Waals surface area contributed by atoms with Gasteiger partial charge in [0.15, 0.2) is 5.78 Å². The molecule has 0 aliphatic rings. The lowest BCUT2D eigenvalue weighted by atomic mass is 9.98. The molecule has 0 aliphatic carbocycles. The first kappa shape index (κ1) is 13.5. The molecule has 5 heteroatoms. The maximum absolute atomic E-state index is 12.5. The fraction of sp³-hybridized carbons (Fsp3) is 0.417. The number of alkyl halides is 3. The van der Waals surface area contributed by atoms with Gasteiger partial charge in [0, 0.05) is 17.7 Å². The highest BCUT2D eigenvalue weighted by Crippen LogP contribution is 2.31. The summed E-state index contributed by atoms with van der Waals surface area (Å²) in [4.78, 5) is 11.7. The Morgan fingerprint density at radius 1 is 1.35 bits per heavy atom. The molecular weight excluding hydrogens is 231 g/mol. The van der Waals surface area contributed by atoms with Crippen LogP contribution >= 0.6 is 0 Å². The topological polar surface area (TPSA) is 43.1 Å². The molecule has 1 aromatic carbocycles. The van der Waals surface area contributed by atoms with E-state index < -0.39 is 11.7 Å². The van der Waals surface area contributed by atoms with Crippen molar-refractivity contribution < 1.29 is 18.0 Å². The number of anilines is 1. The van der Waals surface area contributed by atoms with Gasteiger partial charge in [0.05, 0.1) is 5.56 Å². The quantitative estimate of drug-likeness (QED) is 0.654. The van der Waals surface area contributed by atoms with E-state index in [1.54, 1.807) is 0 Å². The van der Waals surface area contributed by atoms with Crippen LogP contribution in [0.1, 0.15) is 36.2 Å². The summed E-state index contributed by atoms with van der Waals surface area (Å²) in [5, 5.41) is 0. The summed E-state index contributed by atoms with van der Waals surface area (Å²) < 4.78 is 37.4. The summed E-state index contributed by atoms with van der Waals surface area (Å²) in [5.41, 5.74) is 4.71. The summed E-state index contributed by atoms with van der Waals surface area (Å²) in [6.07, 6.45) is -4.27. The summed E-state index contributed by atoms with van der Waals surface area (Å²) >= 11 is 0. The standard InChI is InChI=1S/C12H14F3NO/c1-7(2)5-11(17)9-6-8(12(13,14)15)3-4-10(9)16/h3-4,6-7H,5,16H2,1-2H3. The third kappa shape index (κ3) is 3.47. The highest BCUT2D eigenvalue weighted by Gasteiger charge is 2.31. The second-order valence-electron chi connectivity index (χ2n) is 4.32. The van der Waals surface area contributed by atoms with Crippen LogP contribution in [0.4, 0.5) is 18.9 Å². The third-order valence-corrected chi connectivity index (χ3v) is 2.27. The van der Waals surface area contributed by atoms with Crippen molar-refractivity contribution in [2.75, 3.05) is 5.73 Å². The van der Waals surface area contributed by atoms with Crippen LogP contribution < -0.4 is 5.73 Å². The summed E-state index contributed by atoms with van der Waals surface area (Å²) in [6, 6.07) is 2.82. The molecule has 0 saturated carbocycles. The third-order valence-electron chi connectivity index (χ3n) is 2.27. The van der Waals surface area contributed by atoms with Crippen molar-refractivity contribution in [1.82, 2.24) is 0 Å². The number of Topliss-reactive ketones (excluding diaryl/α,β-unsaturated/α-hetero) is 1. The van der Waals surface area contributed by atoms with Crippen molar-refractivity contribution in [3.05, 3.63) is 29.3 Å². The number of carbonyl (C=O) groups is 1. The molecule has 1 aromatic rings. The minimum absolute atomic E-state index is 0.0477. The monoisotopic (exact) mass is 245 g/mol. The van der Waals surface area contributed by atoms with Crippen molar-refractivity contribution in [2.24, 2.45) is 5.92 Å². The van der Waals surface area contributed by atoms with Gasteiger partial charge >= 0.3 is 6.18 Å². The number of carbonyl (C=O) groups excluding carboxylic acids is 1. The maximum Gasteiger partial charge on any atom is 0.416 e. The van der Waals surface area contributed by atoms with E-state index in [9.17, 15) is 18.0 Å². The van der Waals surface area contributed by atoms with Gasteiger partial charge in [-0.15, -0.1) is 0 Å².